The van der Waals surface area contributed by atoms with Crippen LogP contribution in [0.4, 0.5) is 11.6 Å². The molecule has 0 aliphatic heterocycles. The molecule has 0 saturated carbocycles. The number of aryl methyl sites for hydroxylation is 1. The molecule has 0 aliphatic rings. The van der Waals surface area contributed by atoms with Gasteiger partial charge < -0.3 is 10.1 Å². The molecule has 0 atom stereocenters. The van der Waals surface area contributed by atoms with Crippen LogP contribution in [0.15, 0.2) is 35.4 Å². The average Bonchev–Trinajstić information content (AvgIpc) is 3.06. The van der Waals surface area contributed by atoms with Crippen molar-refractivity contribution in [2.24, 2.45) is 0 Å². The van der Waals surface area contributed by atoms with Gasteiger partial charge >= 0.3 is 0 Å². The molecule has 10 heteroatoms. The third-order valence-corrected chi connectivity index (χ3v) is 7.21. The lowest BCUT2D eigenvalue weighted by atomic mass is 10.1. The second-order valence-corrected chi connectivity index (χ2v) is 8.93. The van der Waals surface area contributed by atoms with Crippen molar-refractivity contribution in [3.05, 3.63) is 53.1 Å². The van der Waals surface area contributed by atoms with E-state index in [4.69, 9.17) is 4.74 Å². The second kappa shape index (κ2) is 9.44. The lowest BCUT2D eigenvalue weighted by Gasteiger charge is -2.21. The molecule has 0 bridgehead atoms. The summed E-state index contributed by atoms with van der Waals surface area (Å²) in [6.07, 6.45) is 1.97. The van der Waals surface area contributed by atoms with Gasteiger partial charge in [0.05, 0.1) is 7.11 Å². The third kappa shape index (κ3) is 4.70. The number of sulfonamides is 1. The van der Waals surface area contributed by atoms with Crippen molar-refractivity contribution in [1.29, 1.82) is 0 Å². The monoisotopic (exact) mass is 444 g/mol. The van der Waals surface area contributed by atoms with Gasteiger partial charge in [0.2, 0.25) is 10.0 Å². The van der Waals surface area contributed by atoms with E-state index in [9.17, 15) is 8.42 Å². The molecule has 2 aromatic heterocycles. The molecule has 3 aromatic rings. The first-order valence-corrected chi connectivity index (χ1v) is 11.5. The number of para-hydroxylation sites is 1. The quantitative estimate of drug-likeness (QED) is 0.521. The van der Waals surface area contributed by atoms with E-state index < -0.39 is 10.0 Å². The SMILES string of the molecule is CCN(CC)S(=O)(=O)c1cccc(Cc2nccc(Nc3n[nH]c(C)c3C)n2)c1OC. The maximum atomic E-state index is 13.1. The molecule has 0 radical (unpaired) electrons. The first-order chi connectivity index (χ1) is 14.8. The molecule has 2 heterocycles. The van der Waals surface area contributed by atoms with Crippen molar-refractivity contribution in [3.8, 4) is 5.75 Å². The van der Waals surface area contributed by atoms with Crippen molar-refractivity contribution >= 4 is 21.7 Å². The Hall–Kier alpha value is -2.98. The fraction of sp³-hybridized carbons (Fsp3) is 0.381. The Morgan fingerprint density at radius 1 is 1.16 bits per heavy atom. The molecule has 1 aromatic carbocycles. The molecular weight excluding hydrogens is 416 g/mol. The van der Waals surface area contributed by atoms with Crippen LogP contribution in [0, 0.1) is 13.8 Å². The molecule has 0 aliphatic carbocycles. The smallest absolute Gasteiger partial charge is 0.246 e. The maximum Gasteiger partial charge on any atom is 0.246 e. The van der Waals surface area contributed by atoms with E-state index in [0.29, 0.717) is 48.3 Å². The van der Waals surface area contributed by atoms with Gasteiger partial charge in [0.15, 0.2) is 5.82 Å². The standard InChI is InChI=1S/C21H28N6O3S/c1-6-27(7-2)31(28,29)17-10-8-9-16(20(17)30-5)13-19-22-12-11-18(23-19)24-21-14(3)15(4)25-26-21/h8-12H,6-7,13H2,1-5H3,(H2,22,23,24,25,26). The number of hydrogen-bond acceptors (Lipinski definition) is 7. The van der Waals surface area contributed by atoms with E-state index in [2.05, 4.69) is 25.5 Å². The molecule has 0 saturated heterocycles. The van der Waals surface area contributed by atoms with Gasteiger partial charge in [-0.05, 0) is 26.0 Å². The van der Waals surface area contributed by atoms with E-state index in [0.717, 1.165) is 11.3 Å². The molecule has 2 N–H and O–H groups in total. The van der Waals surface area contributed by atoms with Crippen LogP contribution in [0.3, 0.4) is 0 Å². The molecule has 0 unspecified atom stereocenters. The molecule has 0 spiro atoms. The van der Waals surface area contributed by atoms with Crippen LogP contribution in [-0.4, -0.2) is 53.1 Å². The number of anilines is 2. The van der Waals surface area contributed by atoms with Crippen molar-refractivity contribution in [2.45, 2.75) is 39.0 Å². The van der Waals surface area contributed by atoms with Crippen molar-refractivity contribution < 1.29 is 13.2 Å². The zero-order valence-corrected chi connectivity index (χ0v) is 19.2. The number of aromatic amines is 1. The summed E-state index contributed by atoms with van der Waals surface area (Å²) in [6.45, 7) is 8.31. The summed E-state index contributed by atoms with van der Waals surface area (Å²) in [5.41, 5.74) is 2.68. The van der Waals surface area contributed by atoms with Crippen LogP contribution in [0.2, 0.25) is 0 Å². The largest absolute Gasteiger partial charge is 0.495 e. The maximum absolute atomic E-state index is 13.1. The number of aromatic nitrogens is 4. The van der Waals surface area contributed by atoms with Crippen LogP contribution in [0.5, 0.6) is 5.75 Å². The van der Waals surface area contributed by atoms with Crippen molar-refractivity contribution in [3.63, 3.8) is 0 Å². The number of nitrogens with zero attached hydrogens (tertiary/aromatic N) is 4. The van der Waals surface area contributed by atoms with Crippen LogP contribution >= 0.6 is 0 Å². The van der Waals surface area contributed by atoms with Crippen molar-refractivity contribution in [2.75, 3.05) is 25.5 Å². The number of H-pyrrole nitrogens is 1. The van der Waals surface area contributed by atoms with Crippen LogP contribution in [0.1, 0.15) is 36.5 Å². The molecule has 3 rings (SSSR count). The highest BCUT2D eigenvalue weighted by atomic mass is 32.2. The third-order valence-electron chi connectivity index (χ3n) is 5.14. The molecule has 9 nitrogen and oxygen atoms in total. The summed E-state index contributed by atoms with van der Waals surface area (Å²) in [5, 5.41) is 10.4. The van der Waals surface area contributed by atoms with Gasteiger partial charge in [-0.15, -0.1) is 0 Å². The van der Waals surface area contributed by atoms with Gasteiger partial charge in [0.25, 0.3) is 0 Å². The molecule has 31 heavy (non-hydrogen) atoms. The minimum Gasteiger partial charge on any atom is -0.495 e. The van der Waals surface area contributed by atoms with E-state index in [1.165, 1.54) is 11.4 Å². The Bertz CT molecular complexity index is 1160. The van der Waals surface area contributed by atoms with Gasteiger partial charge in [-0.2, -0.15) is 9.40 Å². The van der Waals surface area contributed by atoms with Gasteiger partial charge in [-0.25, -0.2) is 18.4 Å². The first kappa shape index (κ1) is 22.7. The predicted molar refractivity (Wildman–Crippen MR) is 119 cm³/mol. The van der Waals surface area contributed by atoms with Crippen LogP contribution in [0.25, 0.3) is 0 Å². The molecule has 0 fully saturated rings. The summed E-state index contributed by atoms with van der Waals surface area (Å²) in [5.74, 6) is 2.15. The van der Waals surface area contributed by atoms with E-state index in [-0.39, 0.29) is 4.90 Å². The highest BCUT2D eigenvalue weighted by Crippen LogP contribution is 2.31. The highest BCUT2D eigenvalue weighted by Gasteiger charge is 2.27. The van der Waals surface area contributed by atoms with E-state index >= 15 is 0 Å². The lowest BCUT2D eigenvalue weighted by molar-refractivity contribution is 0.391. The number of nitrogens with one attached hydrogen (secondary N) is 2. The summed E-state index contributed by atoms with van der Waals surface area (Å²) < 4.78 is 33.1. The van der Waals surface area contributed by atoms with Gasteiger partial charge in [0.1, 0.15) is 22.3 Å². The lowest BCUT2D eigenvalue weighted by Crippen LogP contribution is -2.31. The zero-order valence-electron chi connectivity index (χ0n) is 18.4. The number of benzene rings is 1. The van der Waals surface area contributed by atoms with Gasteiger partial charge in [-0.3, -0.25) is 5.10 Å². The van der Waals surface area contributed by atoms with E-state index in [1.807, 2.05) is 33.8 Å². The minimum atomic E-state index is -3.67. The summed E-state index contributed by atoms with van der Waals surface area (Å²) >= 11 is 0. The molecular formula is C21H28N6O3S. The Morgan fingerprint density at radius 3 is 2.52 bits per heavy atom. The Balaban J connectivity index is 1.92. The summed E-state index contributed by atoms with van der Waals surface area (Å²) in [7, 11) is -2.19. The Kier molecular flexibility index (Phi) is 6.91. The number of hydrogen-bond donors (Lipinski definition) is 2. The Morgan fingerprint density at radius 2 is 1.90 bits per heavy atom. The average molecular weight is 445 g/mol. The Labute approximate surface area is 182 Å². The highest BCUT2D eigenvalue weighted by molar-refractivity contribution is 7.89. The van der Waals surface area contributed by atoms with Gasteiger partial charge in [0, 0.05) is 42.5 Å². The van der Waals surface area contributed by atoms with Gasteiger partial charge in [-0.1, -0.05) is 26.0 Å². The topological polar surface area (TPSA) is 113 Å². The second-order valence-electron chi connectivity index (χ2n) is 7.02. The minimum absolute atomic E-state index is 0.146. The fourth-order valence-electron chi connectivity index (χ4n) is 3.29. The number of rotatable bonds is 9. The number of methoxy groups -OCH3 is 1. The molecule has 166 valence electrons. The molecule has 0 amide bonds. The first-order valence-electron chi connectivity index (χ1n) is 10.1. The van der Waals surface area contributed by atoms with E-state index in [1.54, 1.807) is 24.4 Å². The summed E-state index contributed by atoms with van der Waals surface area (Å²) in [6, 6.07) is 6.86. The van der Waals surface area contributed by atoms with Crippen molar-refractivity contribution in [1.82, 2.24) is 24.5 Å². The van der Waals surface area contributed by atoms with Crippen LogP contribution in [-0.2, 0) is 16.4 Å². The van der Waals surface area contributed by atoms with Crippen LogP contribution < -0.4 is 10.1 Å². The zero-order chi connectivity index (χ0) is 22.6. The fourth-order valence-corrected chi connectivity index (χ4v) is 4.95. The summed E-state index contributed by atoms with van der Waals surface area (Å²) in [4.78, 5) is 9.05. The predicted octanol–water partition coefficient (Wildman–Crippen LogP) is 3.19. The normalized spacial score (nSPS) is 11.7. The number of ether oxygens (including phenoxy) is 1.